The van der Waals surface area contributed by atoms with Crippen molar-refractivity contribution in [3.63, 3.8) is 0 Å². The van der Waals surface area contributed by atoms with E-state index in [0.717, 1.165) is 0 Å². The van der Waals surface area contributed by atoms with Gasteiger partial charge in [0.05, 0.1) is 0 Å². The molecular formula is C5H10SSe. The van der Waals surface area contributed by atoms with Crippen LogP contribution in [0.15, 0.2) is 0 Å². The first kappa shape index (κ1) is 7.74. The van der Waals surface area contributed by atoms with Gasteiger partial charge in [-0.2, -0.15) is 0 Å². The molecule has 2 heteroatoms. The Morgan fingerprint density at radius 3 is 2.43 bits per heavy atom. The summed E-state index contributed by atoms with van der Waals surface area (Å²) in [7, 11) is 0. The molecular weight excluding hydrogens is 171 g/mol. The molecule has 0 aromatic carbocycles. The Morgan fingerprint density at radius 2 is 2.29 bits per heavy atom. The Balaban J connectivity index is 2.82. The summed E-state index contributed by atoms with van der Waals surface area (Å²) in [5.41, 5.74) is 0. The second-order valence-corrected chi connectivity index (χ2v) is 4.52. The van der Waals surface area contributed by atoms with E-state index < -0.39 is 0 Å². The third-order valence-corrected chi connectivity index (χ3v) is 2.27. The van der Waals surface area contributed by atoms with Gasteiger partial charge < -0.3 is 0 Å². The molecule has 0 heterocycles. The Kier molecular flexibility index (Phi) is 5.40. The van der Waals surface area contributed by atoms with Gasteiger partial charge in [-0.1, -0.05) is 0 Å². The molecule has 42 valence electrons. The van der Waals surface area contributed by atoms with E-state index >= 15 is 0 Å². The van der Waals surface area contributed by atoms with Crippen LogP contribution in [0.5, 0.6) is 0 Å². The third-order valence-electron chi connectivity index (χ3n) is 0.509. The molecule has 0 aliphatic rings. The van der Waals surface area contributed by atoms with Gasteiger partial charge in [0.25, 0.3) is 0 Å². The molecule has 0 aromatic rings. The SMILES string of the molecule is CCCSC(C)=[Se]. The maximum atomic E-state index is 2.95. The number of thioether (sulfide) groups is 1. The van der Waals surface area contributed by atoms with E-state index in [0.29, 0.717) is 0 Å². The van der Waals surface area contributed by atoms with Crippen LogP contribution in [0.1, 0.15) is 20.3 Å². The molecule has 0 bridgehead atoms. The minimum atomic E-state index is 1.25. The average Bonchev–Trinajstić information content (AvgIpc) is 1.61. The Labute approximate surface area is 57.4 Å². The van der Waals surface area contributed by atoms with Crippen LogP contribution in [0.4, 0.5) is 0 Å². The summed E-state index contributed by atoms with van der Waals surface area (Å²) in [6.07, 6.45) is 1.27. The zero-order valence-electron chi connectivity index (χ0n) is 4.73. The van der Waals surface area contributed by atoms with Crippen LogP contribution in [0.25, 0.3) is 0 Å². The van der Waals surface area contributed by atoms with E-state index in [9.17, 15) is 0 Å². The molecule has 0 aromatic heterocycles. The molecule has 0 amide bonds. The van der Waals surface area contributed by atoms with Crippen molar-refractivity contribution in [3.8, 4) is 0 Å². The quantitative estimate of drug-likeness (QED) is 0.594. The van der Waals surface area contributed by atoms with E-state index in [4.69, 9.17) is 0 Å². The predicted molar refractivity (Wildman–Crippen MR) is 39.2 cm³/mol. The van der Waals surface area contributed by atoms with Crippen LogP contribution in [-0.2, 0) is 0 Å². The van der Waals surface area contributed by atoms with Crippen molar-refractivity contribution >= 4 is 31.1 Å². The van der Waals surface area contributed by atoms with Crippen molar-refractivity contribution in [2.24, 2.45) is 0 Å². The number of hydrogen-bond donors (Lipinski definition) is 0. The molecule has 0 saturated heterocycles. The predicted octanol–water partition coefficient (Wildman–Crippen LogP) is 1.45. The van der Waals surface area contributed by atoms with Gasteiger partial charge in [0.2, 0.25) is 0 Å². The summed E-state index contributed by atoms with van der Waals surface area (Å²) in [6.45, 7) is 4.29. The molecule has 0 fully saturated rings. The van der Waals surface area contributed by atoms with Crippen LogP contribution in [-0.4, -0.2) is 25.1 Å². The van der Waals surface area contributed by atoms with Crippen molar-refractivity contribution in [2.45, 2.75) is 20.3 Å². The molecule has 0 radical (unpaired) electrons. The summed E-state index contributed by atoms with van der Waals surface area (Å²) in [5.74, 6) is 1.25. The Morgan fingerprint density at radius 1 is 1.71 bits per heavy atom. The summed E-state index contributed by atoms with van der Waals surface area (Å²) in [5, 5.41) is 0. The van der Waals surface area contributed by atoms with Gasteiger partial charge >= 0.3 is 57.1 Å². The molecule has 0 atom stereocenters. The van der Waals surface area contributed by atoms with Gasteiger partial charge in [0, 0.05) is 0 Å². The fraction of sp³-hybridized carbons (Fsp3) is 0.800. The van der Waals surface area contributed by atoms with Crippen LogP contribution in [0, 0.1) is 0 Å². The number of hydrogen-bond acceptors (Lipinski definition) is 1. The number of rotatable bonds is 3. The van der Waals surface area contributed by atoms with Crippen molar-refractivity contribution in [1.82, 2.24) is 0 Å². The standard InChI is InChI=1S/C5H10SSe/c1-3-4-6-5(2)7/h3-4H2,1-2H3. The summed E-state index contributed by atoms with van der Waals surface area (Å²) in [4.78, 5) is 0. The zero-order valence-corrected chi connectivity index (χ0v) is 7.26. The van der Waals surface area contributed by atoms with Crippen molar-refractivity contribution in [2.75, 3.05) is 5.75 Å². The minimum absolute atomic E-state index is 1.25. The normalized spacial score (nSPS) is 8.86. The van der Waals surface area contributed by atoms with E-state index in [1.807, 2.05) is 11.8 Å². The van der Waals surface area contributed by atoms with Crippen molar-refractivity contribution in [1.29, 1.82) is 0 Å². The van der Waals surface area contributed by atoms with E-state index in [-0.39, 0.29) is 0 Å². The Hall–Kier alpha value is 0.739. The van der Waals surface area contributed by atoms with Crippen LogP contribution < -0.4 is 0 Å². The van der Waals surface area contributed by atoms with Crippen LogP contribution in [0.3, 0.4) is 0 Å². The summed E-state index contributed by atoms with van der Waals surface area (Å²) < 4.78 is 1.35. The van der Waals surface area contributed by atoms with Gasteiger partial charge in [-0.05, 0) is 0 Å². The van der Waals surface area contributed by atoms with Gasteiger partial charge in [0.1, 0.15) is 0 Å². The van der Waals surface area contributed by atoms with E-state index in [1.165, 1.54) is 15.9 Å². The topological polar surface area (TPSA) is 0 Å². The molecule has 0 spiro atoms. The van der Waals surface area contributed by atoms with E-state index in [1.54, 1.807) is 0 Å². The van der Waals surface area contributed by atoms with Crippen LogP contribution in [0.2, 0.25) is 0 Å². The van der Waals surface area contributed by atoms with Crippen LogP contribution >= 0.6 is 11.8 Å². The van der Waals surface area contributed by atoms with Crippen molar-refractivity contribution in [3.05, 3.63) is 0 Å². The van der Waals surface area contributed by atoms with Gasteiger partial charge in [-0.3, -0.25) is 0 Å². The van der Waals surface area contributed by atoms with E-state index in [2.05, 4.69) is 29.4 Å². The van der Waals surface area contributed by atoms with Gasteiger partial charge in [0.15, 0.2) is 0 Å². The third kappa shape index (κ3) is 6.74. The maximum absolute atomic E-state index is 2.95. The fourth-order valence-electron chi connectivity index (χ4n) is 0.246. The molecule has 0 aliphatic heterocycles. The Bertz CT molecular complexity index is 61.1. The molecule has 0 unspecified atom stereocenters. The molecule has 0 nitrogen and oxygen atoms in total. The van der Waals surface area contributed by atoms with Gasteiger partial charge in [-0.25, -0.2) is 0 Å². The molecule has 0 rings (SSSR count). The van der Waals surface area contributed by atoms with Crippen molar-refractivity contribution < 1.29 is 0 Å². The fourth-order valence-corrected chi connectivity index (χ4v) is 1.26. The molecule has 0 saturated carbocycles. The first-order valence-electron chi connectivity index (χ1n) is 2.40. The summed E-state index contributed by atoms with van der Waals surface area (Å²) in [6, 6.07) is 0. The second kappa shape index (κ2) is 4.89. The first-order chi connectivity index (χ1) is 3.27. The average molecular weight is 181 g/mol. The molecule has 0 aliphatic carbocycles. The second-order valence-electron chi connectivity index (χ2n) is 1.34. The zero-order chi connectivity index (χ0) is 5.70. The first-order valence-corrected chi connectivity index (χ1v) is 4.25. The summed E-state index contributed by atoms with van der Waals surface area (Å²) >= 11 is 4.85. The molecule has 0 N–H and O–H groups in total. The van der Waals surface area contributed by atoms with Gasteiger partial charge in [-0.15, -0.1) is 0 Å². The monoisotopic (exact) mass is 182 g/mol. The molecule has 7 heavy (non-hydrogen) atoms.